The molecule has 2 N–H and O–H groups in total. The number of allylic oxidation sites excluding steroid dienone is 2. The molecule has 9 heavy (non-hydrogen) atoms. The van der Waals surface area contributed by atoms with Gasteiger partial charge in [0.25, 0.3) is 0 Å². The van der Waals surface area contributed by atoms with Gasteiger partial charge < -0.3 is 10.2 Å². The fourth-order valence-electron chi connectivity index (χ4n) is 0.425. The predicted molar refractivity (Wildman–Crippen MR) is 37.2 cm³/mol. The molecular formula is C7H12O2. The van der Waals surface area contributed by atoms with E-state index in [2.05, 4.69) is 6.58 Å². The SMILES string of the molecule is C=CC(O)=CCCCO. The van der Waals surface area contributed by atoms with Crippen LogP contribution in [0.4, 0.5) is 0 Å². The predicted octanol–water partition coefficient (Wildman–Crippen LogP) is 1.39. The summed E-state index contributed by atoms with van der Waals surface area (Å²) in [6.45, 7) is 3.53. The van der Waals surface area contributed by atoms with Crippen molar-refractivity contribution in [1.82, 2.24) is 0 Å². The van der Waals surface area contributed by atoms with Crippen LogP contribution in [-0.4, -0.2) is 16.8 Å². The highest BCUT2D eigenvalue weighted by Crippen LogP contribution is 1.94. The van der Waals surface area contributed by atoms with Gasteiger partial charge in [0.05, 0.1) is 0 Å². The Kier molecular flexibility index (Phi) is 4.92. The molecule has 0 heterocycles. The summed E-state index contributed by atoms with van der Waals surface area (Å²) >= 11 is 0. The lowest BCUT2D eigenvalue weighted by atomic mass is 10.3. The molecule has 2 nitrogen and oxygen atoms in total. The lowest BCUT2D eigenvalue weighted by Crippen LogP contribution is -1.80. The van der Waals surface area contributed by atoms with E-state index in [9.17, 15) is 0 Å². The zero-order valence-corrected chi connectivity index (χ0v) is 5.38. The van der Waals surface area contributed by atoms with E-state index in [4.69, 9.17) is 10.2 Å². The molecule has 0 aromatic heterocycles. The molecule has 0 aromatic carbocycles. The van der Waals surface area contributed by atoms with Crippen molar-refractivity contribution in [1.29, 1.82) is 0 Å². The first-order valence-electron chi connectivity index (χ1n) is 2.93. The third-order valence-corrected chi connectivity index (χ3v) is 0.925. The Labute approximate surface area is 55.1 Å². The summed E-state index contributed by atoms with van der Waals surface area (Å²) < 4.78 is 0. The van der Waals surface area contributed by atoms with Crippen LogP contribution in [0.1, 0.15) is 12.8 Å². The third kappa shape index (κ3) is 5.11. The summed E-state index contributed by atoms with van der Waals surface area (Å²) in [4.78, 5) is 0. The molecule has 0 aliphatic rings. The normalized spacial score (nSPS) is 11.4. The van der Waals surface area contributed by atoms with Crippen molar-refractivity contribution in [3.05, 3.63) is 24.5 Å². The van der Waals surface area contributed by atoms with Gasteiger partial charge in [-0.2, -0.15) is 0 Å². The molecule has 0 amide bonds. The first-order valence-corrected chi connectivity index (χ1v) is 2.93. The van der Waals surface area contributed by atoms with Gasteiger partial charge in [-0.25, -0.2) is 0 Å². The molecular weight excluding hydrogens is 116 g/mol. The van der Waals surface area contributed by atoms with Crippen LogP contribution in [0.25, 0.3) is 0 Å². The van der Waals surface area contributed by atoms with E-state index < -0.39 is 0 Å². The van der Waals surface area contributed by atoms with Crippen molar-refractivity contribution < 1.29 is 10.2 Å². The van der Waals surface area contributed by atoms with Gasteiger partial charge in [0.15, 0.2) is 0 Å². The van der Waals surface area contributed by atoms with E-state index in [1.165, 1.54) is 6.08 Å². The highest BCUT2D eigenvalue weighted by atomic mass is 16.3. The fraction of sp³-hybridized carbons (Fsp3) is 0.429. The van der Waals surface area contributed by atoms with Crippen molar-refractivity contribution in [3.8, 4) is 0 Å². The Bertz CT molecular complexity index is 105. The molecule has 0 fully saturated rings. The lowest BCUT2D eigenvalue weighted by molar-refractivity contribution is 0.289. The Balaban J connectivity index is 3.31. The molecule has 2 heteroatoms. The molecule has 0 aliphatic carbocycles. The van der Waals surface area contributed by atoms with Crippen molar-refractivity contribution in [2.24, 2.45) is 0 Å². The van der Waals surface area contributed by atoms with Crippen molar-refractivity contribution in [3.63, 3.8) is 0 Å². The number of unbranched alkanes of at least 4 members (excludes halogenated alkanes) is 1. The Morgan fingerprint density at radius 1 is 1.56 bits per heavy atom. The zero-order valence-electron chi connectivity index (χ0n) is 5.38. The van der Waals surface area contributed by atoms with Crippen LogP contribution in [-0.2, 0) is 0 Å². The average molecular weight is 128 g/mol. The number of hydrogen-bond acceptors (Lipinski definition) is 2. The second-order valence-corrected chi connectivity index (χ2v) is 1.70. The highest BCUT2D eigenvalue weighted by Gasteiger charge is 1.82. The van der Waals surface area contributed by atoms with Gasteiger partial charge in [0, 0.05) is 6.61 Å². The quantitative estimate of drug-likeness (QED) is 0.341. The van der Waals surface area contributed by atoms with E-state index in [0.29, 0.717) is 12.8 Å². The molecule has 0 aromatic rings. The van der Waals surface area contributed by atoms with Gasteiger partial charge in [0.1, 0.15) is 5.76 Å². The van der Waals surface area contributed by atoms with Crippen molar-refractivity contribution in [2.45, 2.75) is 12.8 Å². The minimum absolute atomic E-state index is 0.168. The molecule has 0 saturated heterocycles. The minimum Gasteiger partial charge on any atom is -0.508 e. The van der Waals surface area contributed by atoms with Crippen LogP contribution < -0.4 is 0 Å². The number of rotatable bonds is 4. The zero-order chi connectivity index (χ0) is 7.11. The standard InChI is InChI=1S/C7H12O2/c1-2-7(9)5-3-4-6-8/h2,5,8-9H,1,3-4,6H2. The minimum atomic E-state index is 0.168. The topological polar surface area (TPSA) is 40.5 Å². The van der Waals surface area contributed by atoms with Gasteiger partial charge in [-0.15, -0.1) is 0 Å². The van der Waals surface area contributed by atoms with Gasteiger partial charge in [-0.3, -0.25) is 0 Å². The maximum atomic E-state index is 8.75. The fourth-order valence-corrected chi connectivity index (χ4v) is 0.425. The van der Waals surface area contributed by atoms with E-state index in [0.717, 1.165) is 0 Å². The summed E-state index contributed by atoms with van der Waals surface area (Å²) in [5, 5.41) is 17.1. The Hall–Kier alpha value is -0.760. The van der Waals surface area contributed by atoms with Crippen molar-refractivity contribution in [2.75, 3.05) is 6.61 Å². The van der Waals surface area contributed by atoms with Crippen LogP contribution in [0.15, 0.2) is 24.5 Å². The number of aliphatic hydroxyl groups excluding tert-OH is 2. The van der Waals surface area contributed by atoms with Gasteiger partial charge in [-0.05, 0) is 25.0 Å². The maximum Gasteiger partial charge on any atom is 0.111 e. The van der Waals surface area contributed by atoms with E-state index >= 15 is 0 Å². The third-order valence-electron chi connectivity index (χ3n) is 0.925. The van der Waals surface area contributed by atoms with E-state index in [1.807, 2.05) is 0 Å². The van der Waals surface area contributed by atoms with Gasteiger partial charge >= 0.3 is 0 Å². The summed E-state index contributed by atoms with van der Waals surface area (Å²) in [5.74, 6) is 0.184. The first-order chi connectivity index (χ1) is 4.31. The Morgan fingerprint density at radius 3 is 2.67 bits per heavy atom. The summed E-state index contributed by atoms with van der Waals surface area (Å²) in [6, 6.07) is 0. The molecule has 0 rings (SSSR count). The second kappa shape index (κ2) is 5.38. The van der Waals surface area contributed by atoms with E-state index in [1.54, 1.807) is 6.08 Å². The van der Waals surface area contributed by atoms with E-state index in [-0.39, 0.29) is 12.4 Å². The summed E-state index contributed by atoms with van der Waals surface area (Å²) in [5.41, 5.74) is 0. The first kappa shape index (κ1) is 8.24. The van der Waals surface area contributed by atoms with Crippen LogP contribution in [0.2, 0.25) is 0 Å². The molecule has 0 bridgehead atoms. The summed E-state index contributed by atoms with van der Waals surface area (Å²) in [7, 11) is 0. The summed E-state index contributed by atoms with van der Waals surface area (Å²) in [6.07, 6.45) is 4.40. The molecule has 0 aliphatic heterocycles. The lowest BCUT2D eigenvalue weighted by Gasteiger charge is -1.89. The molecule has 0 unspecified atom stereocenters. The highest BCUT2D eigenvalue weighted by molar-refractivity contribution is 5.05. The maximum absolute atomic E-state index is 8.75. The molecule has 0 radical (unpaired) electrons. The van der Waals surface area contributed by atoms with Gasteiger partial charge in [-0.1, -0.05) is 6.58 Å². The van der Waals surface area contributed by atoms with Crippen LogP contribution in [0, 0.1) is 0 Å². The largest absolute Gasteiger partial charge is 0.508 e. The smallest absolute Gasteiger partial charge is 0.111 e. The molecule has 0 spiro atoms. The monoisotopic (exact) mass is 128 g/mol. The van der Waals surface area contributed by atoms with Crippen LogP contribution in [0.5, 0.6) is 0 Å². The average Bonchev–Trinajstić information content (AvgIpc) is 1.89. The Morgan fingerprint density at radius 2 is 2.22 bits per heavy atom. The molecule has 0 saturated carbocycles. The van der Waals surface area contributed by atoms with Crippen LogP contribution >= 0.6 is 0 Å². The number of hydrogen-bond donors (Lipinski definition) is 2. The second-order valence-electron chi connectivity index (χ2n) is 1.70. The number of aliphatic hydroxyl groups is 2. The molecule has 52 valence electrons. The molecule has 0 atom stereocenters. The van der Waals surface area contributed by atoms with Gasteiger partial charge in [0.2, 0.25) is 0 Å². The van der Waals surface area contributed by atoms with Crippen LogP contribution in [0.3, 0.4) is 0 Å². The van der Waals surface area contributed by atoms with Crippen molar-refractivity contribution >= 4 is 0 Å².